The Labute approximate surface area is 102 Å². The van der Waals surface area contributed by atoms with Crippen molar-refractivity contribution in [2.45, 2.75) is 0 Å². The first kappa shape index (κ1) is 22.4. The Balaban J connectivity index is -0.0000000267. The Hall–Kier alpha value is 2.39. The van der Waals surface area contributed by atoms with E-state index in [1.807, 2.05) is 0 Å². The Morgan fingerprint density at radius 2 is 1.00 bits per heavy atom. The zero-order chi connectivity index (χ0) is 4.50. The van der Waals surface area contributed by atoms with Crippen molar-refractivity contribution in [3.8, 4) is 0 Å². The van der Waals surface area contributed by atoms with E-state index in [4.69, 9.17) is 17.5 Å². The van der Waals surface area contributed by atoms with Gasteiger partial charge in [-0.05, 0) is 0 Å². The van der Waals surface area contributed by atoms with Crippen LogP contribution in [0.3, 0.4) is 0 Å². The van der Waals surface area contributed by atoms with Crippen molar-refractivity contribution >= 4 is 69.5 Å². The van der Waals surface area contributed by atoms with Gasteiger partial charge in [0, 0.05) is 17.1 Å². The SMILES string of the molecule is O=S(=O)(O)O.[Fe].[NaH].[NaH]. The van der Waals surface area contributed by atoms with Gasteiger partial charge in [0.25, 0.3) is 0 Å². The molecule has 0 atom stereocenters. The molecule has 0 saturated carbocycles. The summed E-state index contributed by atoms with van der Waals surface area (Å²) in [5.41, 5.74) is 0. The van der Waals surface area contributed by atoms with E-state index in [-0.39, 0.29) is 76.2 Å². The fourth-order valence-corrected chi connectivity index (χ4v) is 0. The zero-order valence-corrected chi connectivity index (χ0v) is 4.39. The molecule has 0 unspecified atom stereocenters. The molecule has 0 aliphatic carbocycles. The van der Waals surface area contributed by atoms with E-state index in [0.29, 0.717) is 0 Å². The van der Waals surface area contributed by atoms with Crippen LogP contribution in [0.4, 0.5) is 0 Å². The second-order valence-corrected chi connectivity index (χ2v) is 1.34. The van der Waals surface area contributed by atoms with Crippen molar-refractivity contribution in [3.05, 3.63) is 0 Å². The molecule has 0 aliphatic rings. The molecule has 0 amide bonds. The van der Waals surface area contributed by atoms with Gasteiger partial charge in [-0.15, -0.1) is 0 Å². The minimum absolute atomic E-state index is 0. The zero-order valence-electron chi connectivity index (χ0n) is 2.47. The molecule has 0 fully saturated rings. The fraction of sp³-hybridized carbons (Fsp3) is 0. The van der Waals surface area contributed by atoms with Gasteiger partial charge in [0.2, 0.25) is 0 Å². The molecule has 0 aliphatic heterocycles. The van der Waals surface area contributed by atoms with Crippen LogP contribution >= 0.6 is 0 Å². The van der Waals surface area contributed by atoms with Crippen LogP contribution in [0, 0.1) is 0 Å². The van der Waals surface area contributed by atoms with Gasteiger partial charge < -0.3 is 0 Å². The fourth-order valence-electron chi connectivity index (χ4n) is 0. The summed E-state index contributed by atoms with van der Waals surface area (Å²) < 4.78 is 31.6. The topological polar surface area (TPSA) is 74.6 Å². The minimum atomic E-state index is -4.67. The molecule has 0 aromatic heterocycles. The Bertz CT molecular complexity index is 97.2. The number of hydrogen-bond donors (Lipinski definition) is 2. The molecular weight excluding hydrogens is 198 g/mol. The van der Waals surface area contributed by atoms with E-state index in [1.54, 1.807) is 0 Å². The molecule has 44 valence electrons. The van der Waals surface area contributed by atoms with Gasteiger partial charge in [-0.2, -0.15) is 8.42 Å². The summed E-state index contributed by atoms with van der Waals surface area (Å²) in [5, 5.41) is 0. The van der Waals surface area contributed by atoms with E-state index >= 15 is 0 Å². The average molecular weight is 202 g/mol. The van der Waals surface area contributed by atoms with E-state index in [0.717, 1.165) is 0 Å². The van der Waals surface area contributed by atoms with E-state index < -0.39 is 10.4 Å². The first-order valence-electron chi connectivity index (χ1n) is 0.698. The summed E-state index contributed by atoms with van der Waals surface area (Å²) in [5.74, 6) is 0. The summed E-state index contributed by atoms with van der Waals surface area (Å²) in [7, 11) is -4.67. The summed E-state index contributed by atoms with van der Waals surface area (Å²) in [6.45, 7) is 0. The second-order valence-electron chi connectivity index (χ2n) is 0.448. The maximum absolute atomic E-state index is 8.74. The standard InChI is InChI=1S/Fe.2Na.H2O4S.2H/c;;;1-5(2,3)4;;/h;;;(H2,1,2,3,4);;. The molecule has 8 heavy (non-hydrogen) atoms. The monoisotopic (exact) mass is 202 g/mol. The molecule has 0 bridgehead atoms. The molecule has 0 radical (unpaired) electrons. The quantitative estimate of drug-likeness (QED) is 0.353. The summed E-state index contributed by atoms with van der Waals surface area (Å²) in [6.07, 6.45) is 0. The molecule has 2 N–H and O–H groups in total. The van der Waals surface area contributed by atoms with Crippen molar-refractivity contribution < 1.29 is 34.6 Å². The summed E-state index contributed by atoms with van der Waals surface area (Å²) >= 11 is 0. The maximum atomic E-state index is 8.74. The average Bonchev–Trinajstić information content (AvgIpc) is 0.722. The molecule has 4 nitrogen and oxygen atoms in total. The van der Waals surface area contributed by atoms with Gasteiger partial charge in [0.05, 0.1) is 0 Å². The van der Waals surface area contributed by atoms with Crippen molar-refractivity contribution in [2.75, 3.05) is 0 Å². The molecule has 0 aromatic rings. The van der Waals surface area contributed by atoms with Gasteiger partial charge in [-0.25, -0.2) is 0 Å². The third-order valence-corrected chi connectivity index (χ3v) is 0. The Kier molecular flexibility index (Phi) is 26.3. The van der Waals surface area contributed by atoms with E-state index in [9.17, 15) is 0 Å². The molecule has 0 aromatic carbocycles. The first-order chi connectivity index (χ1) is 2.00. The molecule has 0 spiro atoms. The van der Waals surface area contributed by atoms with Gasteiger partial charge in [0.1, 0.15) is 0 Å². The van der Waals surface area contributed by atoms with Crippen LogP contribution in [0.1, 0.15) is 0 Å². The molecule has 0 saturated heterocycles. The third kappa shape index (κ3) is 80.2. The predicted octanol–water partition coefficient (Wildman–Crippen LogP) is -1.95. The van der Waals surface area contributed by atoms with Gasteiger partial charge in [0.15, 0.2) is 0 Å². The van der Waals surface area contributed by atoms with E-state index in [2.05, 4.69) is 0 Å². The Morgan fingerprint density at radius 3 is 1.00 bits per heavy atom. The van der Waals surface area contributed by atoms with Crippen LogP contribution in [0.5, 0.6) is 0 Å². The summed E-state index contributed by atoms with van der Waals surface area (Å²) in [6, 6.07) is 0. The van der Waals surface area contributed by atoms with Crippen molar-refractivity contribution in [3.63, 3.8) is 0 Å². The summed E-state index contributed by atoms with van der Waals surface area (Å²) in [4.78, 5) is 0. The second kappa shape index (κ2) is 9.39. The van der Waals surface area contributed by atoms with Gasteiger partial charge >= 0.3 is 69.5 Å². The molecule has 8 heteroatoms. The normalized spacial score (nSPS) is 7.25. The van der Waals surface area contributed by atoms with Crippen LogP contribution < -0.4 is 0 Å². The van der Waals surface area contributed by atoms with Crippen LogP contribution in [-0.4, -0.2) is 76.6 Å². The van der Waals surface area contributed by atoms with Gasteiger partial charge in [-0.1, -0.05) is 0 Å². The number of hydrogen-bond acceptors (Lipinski definition) is 2. The van der Waals surface area contributed by atoms with Crippen LogP contribution in [-0.2, 0) is 27.5 Å². The predicted molar refractivity (Wildman–Crippen MR) is 28.5 cm³/mol. The molecular formula is H4FeNa2O4S. The van der Waals surface area contributed by atoms with Crippen molar-refractivity contribution in [1.82, 2.24) is 0 Å². The first-order valence-corrected chi connectivity index (χ1v) is 2.10. The Morgan fingerprint density at radius 1 is 1.00 bits per heavy atom. The van der Waals surface area contributed by atoms with Crippen LogP contribution in [0.25, 0.3) is 0 Å². The third-order valence-electron chi connectivity index (χ3n) is 0. The van der Waals surface area contributed by atoms with Crippen molar-refractivity contribution in [1.29, 1.82) is 0 Å². The molecule has 0 heterocycles. The van der Waals surface area contributed by atoms with Crippen LogP contribution in [0.2, 0.25) is 0 Å². The van der Waals surface area contributed by atoms with Gasteiger partial charge in [-0.3, -0.25) is 9.11 Å². The van der Waals surface area contributed by atoms with Crippen LogP contribution in [0.15, 0.2) is 0 Å². The van der Waals surface area contributed by atoms with E-state index in [1.165, 1.54) is 0 Å². The number of rotatable bonds is 0. The molecule has 0 rings (SSSR count). The van der Waals surface area contributed by atoms with Crippen molar-refractivity contribution in [2.24, 2.45) is 0 Å².